The van der Waals surface area contributed by atoms with Crippen LogP contribution in [0.1, 0.15) is 0 Å². The molecule has 0 saturated heterocycles. The smallest absolute Gasteiger partial charge is 0.0535 e. The second kappa shape index (κ2) is 16.5. The minimum atomic E-state index is 1.11. The highest BCUT2D eigenvalue weighted by molar-refractivity contribution is 6.23. The molecule has 2 heteroatoms. The minimum absolute atomic E-state index is 1.11. The number of rotatable bonds is 8. The van der Waals surface area contributed by atoms with Gasteiger partial charge >= 0.3 is 0 Å². The van der Waals surface area contributed by atoms with Crippen LogP contribution in [0.4, 0.5) is 0 Å². The second-order valence-corrected chi connectivity index (χ2v) is 17.7. The fourth-order valence-electron chi connectivity index (χ4n) is 10.6. The Morgan fingerprint density at radius 2 is 0.500 bits per heavy atom. The largest absolute Gasteiger partial charge is 0.309 e. The van der Waals surface area contributed by atoms with E-state index in [1.165, 1.54) is 87.6 Å². The maximum absolute atomic E-state index is 2.45. The molecule has 13 rings (SSSR count). The van der Waals surface area contributed by atoms with Crippen molar-refractivity contribution in [3.8, 4) is 78.7 Å². The van der Waals surface area contributed by atoms with E-state index in [9.17, 15) is 0 Å². The zero-order valence-electron chi connectivity index (χ0n) is 37.3. The number of hydrogen-bond acceptors (Lipinski definition) is 0. The van der Waals surface area contributed by atoms with E-state index in [1.54, 1.807) is 0 Å². The summed E-state index contributed by atoms with van der Waals surface area (Å²) in [6.45, 7) is 0. The zero-order valence-corrected chi connectivity index (χ0v) is 37.3. The molecule has 0 unspecified atom stereocenters. The number of fused-ring (bicyclic) bond motifs is 4. The van der Waals surface area contributed by atoms with Gasteiger partial charge in [0.05, 0.1) is 22.8 Å². The maximum Gasteiger partial charge on any atom is 0.0535 e. The SMILES string of the molecule is c1ccc(-c2ccc(-c3ccccc3)n2-c2ccc3c(-c4ccc5ccccc5c4)c4cc(-n5c(-c6ccccc6)ccc5-c5ccccc5)ccc4c(-c4ccc5ccccc5c4)c3c2)cc1. The Morgan fingerprint density at radius 3 is 0.838 bits per heavy atom. The second-order valence-electron chi connectivity index (χ2n) is 17.7. The summed E-state index contributed by atoms with van der Waals surface area (Å²) in [6.07, 6.45) is 0. The Kier molecular flexibility index (Phi) is 9.54. The fourth-order valence-corrected chi connectivity index (χ4v) is 10.6. The van der Waals surface area contributed by atoms with Crippen LogP contribution in [0.15, 0.2) is 267 Å². The molecule has 0 aliphatic heterocycles. The van der Waals surface area contributed by atoms with E-state index in [0.717, 1.165) is 34.2 Å². The molecule has 0 amide bonds. The summed E-state index contributed by atoms with van der Waals surface area (Å²) in [5, 5.41) is 9.68. The average Bonchev–Trinajstić information content (AvgIpc) is 4.07. The zero-order chi connectivity index (χ0) is 45.0. The van der Waals surface area contributed by atoms with Crippen molar-refractivity contribution < 1.29 is 0 Å². The van der Waals surface area contributed by atoms with E-state index >= 15 is 0 Å². The molecular weight excluding hydrogens is 821 g/mol. The van der Waals surface area contributed by atoms with E-state index in [4.69, 9.17) is 0 Å². The first-order valence-electron chi connectivity index (χ1n) is 23.4. The molecule has 0 saturated carbocycles. The molecule has 2 nitrogen and oxygen atoms in total. The van der Waals surface area contributed by atoms with Gasteiger partial charge in [-0.15, -0.1) is 0 Å². The van der Waals surface area contributed by atoms with Crippen molar-refractivity contribution in [2.24, 2.45) is 0 Å². The van der Waals surface area contributed by atoms with Gasteiger partial charge in [-0.05, 0) is 148 Å². The van der Waals surface area contributed by atoms with Gasteiger partial charge in [0.25, 0.3) is 0 Å². The van der Waals surface area contributed by atoms with E-state index in [-0.39, 0.29) is 0 Å². The molecule has 2 aromatic heterocycles. The predicted octanol–water partition coefficient (Wildman–Crippen LogP) is 17.9. The Morgan fingerprint density at radius 1 is 0.191 bits per heavy atom. The molecule has 0 radical (unpaired) electrons. The maximum atomic E-state index is 2.45. The van der Waals surface area contributed by atoms with Crippen molar-refractivity contribution in [3.05, 3.63) is 267 Å². The lowest BCUT2D eigenvalue weighted by Gasteiger charge is -2.22. The first kappa shape index (κ1) is 39.4. The van der Waals surface area contributed by atoms with Crippen LogP contribution in [-0.2, 0) is 0 Å². The monoisotopic (exact) mass is 864 g/mol. The third kappa shape index (κ3) is 6.73. The van der Waals surface area contributed by atoms with Gasteiger partial charge in [-0.25, -0.2) is 0 Å². The summed E-state index contributed by atoms with van der Waals surface area (Å²) in [7, 11) is 0. The molecule has 318 valence electrons. The van der Waals surface area contributed by atoms with Crippen molar-refractivity contribution in [2.45, 2.75) is 0 Å². The molecule has 0 aliphatic rings. The number of benzene rings is 11. The molecule has 0 spiro atoms. The van der Waals surface area contributed by atoms with E-state index in [2.05, 4.69) is 276 Å². The standard InChI is InChI=1S/C66H44N2/c1-5-19-47(20-6-1)61-37-38-62(48-21-7-2-8-22-48)67(61)55-33-35-57-59(43-55)65(53-31-29-45-17-13-15-27-51(45)41-53)58-36-34-56(44-60(58)66(57)54-32-30-46-18-14-16-28-52(46)42-54)68-63(49-23-9-3-10-24-49)39-40-64(68)50-25-11-4-12-26-50/h1-44H. The molecule has 0 bridgehead atoms. The van der Waals surface area contributed by atoms with Crippen LogP contribution in [0.2, 0.25) is 0 Å². The van der Waals surface area contributed by atoms with Gasteiger partial charge in [0.15, 0.2) is 0 Å². The quantitative estimate of drug-likeness (QED) is 0.135. The van der Waals surface area contributed by atoms with Crippen LogP contribution in [0.3, 0.4) is 0 Å². The Balaban J connectivity index is 1.16. The Labute approximate surface area is 395 Å². The van der Waals surface area contributed by atoms with Crippen molar-refractivity contribution in [2.75, 3.05) is 0 Å². The Hall–Kier alpha value is -8.98. The minimum Gasteiger partial charge on any atom is -0.309 e. The molecule has 2 heterocycles. The third-order valence-electron chi connectivity index (χ3n) is 13.7. The molecule has 0 aliphatic carbocycles. The van der Waals surface area contributed by atoms with Crippen LogP contribution < -0.4 is 0 Å². The first-order chi connectivity index (χ1) is 33.7. The van der Waals surface area contributed by atoms with E-state index in [0.29, 0.717) is 0 Å². The lowest BCUT2D eigenvalue weighted by atomic mass is 9.84. The molecule has 0 atom stereocenters. The van der Waals surface area contributed by atoms with Crippen LogP contribution in [-0.4, -0.2) is 9.13 Å². The van der Waals surface area contributed by atoms with Crippen LogP contribution in [0.5, 0.6) is 0 Å². The van der Waals surface area contributed by atoms with Crippen LogP contribution in [0.25, 0.3) is 122 Å². The van der Waals surface area contributed by atoms with Gasteiger partial charge in [0.1, 0.15) is 0 Å². The fraction of sp³-hybridized carbons (Fsp3) is 0. The topological polar surface area (TPSA) is 9.86 Å². The molecule has 68 heavy (non-hydrogen) atoms. The normalized spacial score (nSPS) is 11.5. The number of hydrogen-bond donors (Lipinski definition) is 0. The summed E-state index contributed by atoms with van der Waals surface area (Å²) in [5.41, 5.74) is 16.3. The summed E-state index contributed by atoms with van der Waals surface area (Å²) in [5.74, 6) is 0. The highest BCUT2D eigenvalue weighted by Gasteiger charge is 2.22. The summed E-state index contributed by atoms with van der Waals surface area (Å²) < 4.78 is 4.89. The molecule has 11 aromatic carbocycles. The van der Waals surface area contributed by atoms with Crippen LogP contribution in [0, 0.1) is 0 Å². The summed E-state index contributed by atoms with van der Waals surface area (Å²) in [6, 6.07) is 97.8. The molecule has 0 N–H and O–H groups in total. The van der Waals surface area contributed by atoms with Gasteiger partial charge in [-0.2, -0.15) is 0 Å². The van der Waals surface area contributed by atoms with Crippen LogP contribution >= 0.6 is 0 Å². The lowest BCUT2D eigenvalue weighted by molar-refractivity contribution is 1.10. The summed E-state index contributed by atoms with van der Waals surface area (Å²) >= 11 is 0. The van der Waals surface area contributed by atoms with E-state index < -0.39 is 0 Å². The van der Waals surface area contributed by atoms with Gasteiger partial charge in [-0.1, -0.05) is 206 Å². The molecular formula is C66H44N2. The first-order valence-corrected chi connectivity index (χ1v) is 23.4. The third-order valence-corrected chi connectivity index (χ3v) is 13.7. The number of nitrogens with zero attached hydrogens (tertiary/aromatic N) is 2. The van der Waals surface area contributed by atoms with Gasteiger partial charge in [-0.3, -0.25) is 0 Å². The summed E-state index contributed by atoms with van der Waals surface area (Å²) in [4.78, 5) is 0. The molecule has 0 fully saturated rings. The van der Waals surface area contributed by atoms with Gasteiger partial charge < -0.3 is 9.13 Å². The van der Waals surface area contributed by atoms with Crippen molar-refractivity contribution in [1.82, 2.24) is 9.13 Å². The van der Waals surface area contributed by atoms with E-state index in [1.807, 2.05) is 0 Å². The highest BCUT2D eigenvalue weighted by Crippen LogP contribution is 2.47. The van der Waals surface area contributed by atoms with Gasteiger partial charge in [0.2, 0.25) is 0 Å². The lowest BCUT2D eigenvalue weighted by Crippen LogP contribution is -2.02. The van der Waals surface area contributed by atoms with Crippen molar-refractivity contribution >= 4 is 43.1 Å². The average molecular weight is 865 g/mol. The number of aromatic nitrogens is 2. The van der Waals surface area contributed by atoms with Crippen molar-refractivity contribution in [3.63, 3.8) is 0 Å². The van der Waals surface area contributed by atoms with Crippen molar-refractivity contribution in [1.29, 1.82) is 0 Å². The molecule has 13 aromatic rings. The highest BCUT2D eigenvalue weighted by atomic mass is 15.0. The van der Waals surface area contributed by atoms with Gasteiger partial charge in [0, 0.05) is 11.4 Å². The Bertz CT molecular complexity index is 3610. The predicted molar refractivity (Wildman–Crippen MR) is 288 cm³/mol.